The van der Waals surface area contributed by atoms with E-state index in [9.17, 15) is 9.59 Å². The minimum absolute atomic E-state index is 0.00778. The highest BCUT2D eigenvalue weighted by atomic mass is 16.4. The first-order valence-electron chi connectivity index (χ1n) is 6.98. The van der Waals surface area contributed by atoms with Gasteiger partial charge in [-0.2, -0.15) is 0 Å². The van der Waals surface area contributed by atoms with Gasteiger partial charge < -0.3 is 10.4 Å². The summed E-state index contributed by atoms with van der Waals surface area (Å²) < 4.78 is 0. The van der Waals surface area contributed by atoms with Crippen LogP contribution in [0, 0.1) is 17.8 Å². The molecular formula is C14H25NO3. The predicted octanol–water partition coefficient (Wildman–Crippen LogP) is 2.43. The normalized spacial score (nSPS) is 25.8. The van der Waals surface area contributed by atoms with Gasteiger partial charge in [-0.25, -0.2) is 4.79 Å². The van der Waals surface area contributed by atoms with E-state index in [4.69, 9.17) is 5.11 Å². The summed E-state index contributed by atoms with van der Waals surface area (Å²) in [5.74, 6) is -0.354. The maximum Gasteiger partial charge on any atom is 0.326 e. The Morgan fingerprint density at radius 3 is 2.17 bits per heavy atom. The Morgan fingerprint density at radius 2 is 1.78 bits per heavy atom. The first-order chi connectivity index (χ1) is 8.45. The third-order valence-corrected chi connectivity index (χ3v) is 4.03. The zero-order chi connectivity index (χ0) is 13.7. The highest BCUT2D eigenvalue weighted by Gasteiger charge is 2.29. The summed E-state index contributed by atoms with van der Waals surface area (Å²) in [6.45, 7) is 5.81. The molecule has 1 fully saturated rings. The Kier molecular flexibility index (Phi) is 5.63. The van der Waals surface area contributed by atoms with Crippen molar-refractivity contribution in [1.29, 1.82) is 0 Å². The molecule has 1 atom stereocenters. The monoisotopic (exact) mass is 255 g/mol. The van der Waals surface area contributed by atoms with Crippen LogP contribution in [0.4, 0.5) is 0 Å². The summed E-state index contributed by atoms with van der Waals surface area (Å²) in [6.07, 6.45) is 5.16. The number of carboxylic acids is 1. The molecule has 1 saturated carbocycles. The maximum atomic E-state index is 12.0. The third-order valence-electron chi connectivity index (χ3n) is 4.03. The van der Waals surface area contributed by atoms with Crippen LogP contribution >= 0.6 is 0 Å². The fraction of sp³-hybridized carbons (Fsp3) is 0.857. The molecule has 1 rings (SSSR count). The molecule has 0 saturated heterocycles. The summed E-state index contributed by atoms with van der Waals surface area (Å²) in [5, 5.41) is 11.7. The van der Waals surface area contributed by atoms with Crippen LogP contribution in [0.25, 0.3) is 0 Å². The number of carbonyl (C=O) groups excluding carboxylic acids is 1. The van der Waals surface area contributed by atoms with Gasteiger partial charge in [0.15, 0.2) is 0 Å². The van der Waals surface area contributed by atoms with E-state index >= 15 is 0 Å². The smallest absolute Gasteiger partial charge is 0.326 e. The molecule has 1 aliphatic carbocycles. The second-order valence-electron chi connectivity index (χ2n) is 5.69. The van der Waals surface area contributed by atoms with E-state index in [1.54, 1.807) is 0 Å². The van der Waals surface area contributed by atoms with Crippen LogP contribution in [0.3, 0.4) is 0 Å². The van der Waals surface area contributed by atoms with E-state index in [1.165, 1.54) is 6.42 Å². The SMILES string of the molecule is CCC1CCC(C(=O)NC(C(=O)O)C(C)C)CC1. The van der Waals surface area contributed by atoms with Crippen molar-refractivity contribution in [2.75, 3.05) is 0 Å². The van der Waals surface area contributed by atoms with Gasteiger partial charge in [0.2, 0.25) is 5.91 Å². The highest BCUT2D eigenvalue weighted by molar-refractivity contribution is 5.85. The number of carboxylic acid groups (broad SMARTS) is 1. The Morgan fingerprint density at radius 1 is 1.22 bits per heavy atom. The lowest BCUT2D eigenvalue weighted by Gasteiger charge is -2.28. The summed E-state index contributed by atoms with van der Waals surface area (Å²) in [7, 11) is 0. The van der Waals surface area contributed by atoms with Crippen molar-refractivity contribution in [2.24, 2.45) is 17.8 Å². The molecule has 4 nitrogen and oxygen atoms in total. The van der Waals surface area contributed by atoms with Gasteiger partial charge >= 0.3 is 5.97 Å². The van der Waals surface area contributed by atoms with Crippen LogP contribution in [0.2, 0.25) is 0 Å². The molecule has 0 bridgehead atoms. The second kappa shape index (κ2) is 6.76. The lowest BCUT2D eigenvalue weighted by atomic mass is 9.80. The molecule has 2 N–H and O–H groups in total. The van der Waals surface area contributed by atoms with Gasteiger partial charge in [0.05, 0.1) is 0 Å². The van der Waals surface area contributed by atoms with Crippen molar-refractivity contribution in [2.45, 2.75) is 58.9 Å². The van der Waals surface area contributed by atoms with E-state index in [2.05, 4.69) is 12.2 Å². The van der Waals surface area contributed by atoms with E-state index in [0.717, 1.165) is 31.6 Å². The minimum atomic E-state index is -0.944. The van der Waals surface area contributed by atoms with Gasteiger partial charge in [-0.3, -0.25) is 4.79 Å². The van der Waals surface area contributed by atoms with Crippen molar-refractivity contribution >= 4 is 11.9 Å². The lowest BCUT2D eigenvalue weighted by Crippen LogP contribution is -2.47. The molecule has 0 aromatic rings. The van der Waals surface area contributed by atoms with E-state index < -0.39 is 12.0 Å². The van der Waals surface area contributed by atoms with Crippen molar-refractivity contribution in [3.8, 4) is 0 Å². The number of hydrogen-bond donors (Lipinski definition) is 2. The van der Waals surface area contributed by atoms with Crippen molar-refractivity contribution < 1.29 is 14.7 Å². The number of aliphatic carboxylic acids is 1. The first kappa shape index (κ1) is 15.0. The molecule has 0 aromatic heterocycles. The van der Waals surface area contributed by atoms with Crippen molar-refractivity contribution in [3.63, 3.8) is 0 Å². The summed E-state index contributed by atoms with van der Waals surface area (Å²) in [6, 6.07) is -0.763. The molecule has 4 heteroatoms. The molecule has 0 aromatic carbocycles. The summed E-state index contributed by atoms with van der Waals surface area (Å²) in [4.78, 5) is 23.1. The van der Waals surface area contributed by atoms with Gasteiger partial charge in [-0.1, -0.05) is 27.2 Å². The van der Waals surface area contributed by atoms with Gasteiger partial charge in [0.1, 0.15) is 6.04 Å². The number of amides is 1. The standard InChI is InChI=1S/C14H25NO3/c1-4-10-5-7-11(8-6-10)13(16)15-12(9(2)3)14(17)18/h9-12H,4-8H2,1-3H3,(H,15,16)(H,17,18). The van der Waals surface area contributed by atoms with Gasteiger partial charge in [-0.15, -0.1) is 0 Å². The lowest BCUT2D eigenvalue weighted by molar-refractivity contribution is -0.144. The average Bonchev–Trinajstić information content (AvgIpc) is 2.35. The minimum Gasteiger partial charge on any atom is -0.480 e. The quantitative estimate of drug-likeness (QED) is 0.793. The van der Waals surface area contributed by atoms with E-state index in [-0.39, 0.29) is 17.7 Å². The Hall–Kier alpha value is -1.06. The fourth-order valence-electron chi connectivity index (χ4n) is 2.62. The second-order valence-corrected chi connectivity index (χ2v) is 5.69. The van der Waals surface area contributed by atoms with Crippen LogP contribution in [-0.4, -0.2) is 23.0 Å². The number of hydrogen-bond acceptors (Lipinski definition) is 2. The Bertz CT molecular complexity index is 293. The van der Waals surface area contributed by atoms with Crippen molar-refractivity contribution in [1.82, 2.24) is 5.32 Å². The first-order valence-corrected chi connectivity index (χ1v) is 6.98. The fourth-order valence-corrected chi connectivity index (χ4v) is 2.62. The Balaban J connectivity index is 2.48. The molecule has 104 valence electrons. The summed E-state index contributed by atoms with van der Waals surface area (Å²) in [5.41, 5.74) is 0. The van der Waals surface area contributed by atoms with Crippen LogP contribution in [0.5, 0.6) is 0 Å². The zero-order valence-electron chi connectivity index (χ0n) is 11.6. The topological polar surface area (TPSA) is 66.4 Å². The number of rotatable bonds is 5. The van der Waals surface area contributed by atoms with Crippen LogP contribution in [0.15, 0.2) is 0 Å². The Labute approximate surface area is 109 Å². The van der Waals surface area contributed by atoms with Crippen LogP contribution in [0.1, 0.15) is 52.9 Å². The summed E-state index contributed by atoms with van der Waals surface area (Å²) >= 11 is 0. The predicted molar refractivity (Wildman–Crippen MR) is 70.1 cm³/mol. The molecule has 1 aliphatic rings. The van der Waals surface area contributed by atoms with Crippen LogP contribution < -0.4 is 5.32 Å². The molecule has 0 spiro atoms. The van der Waals surface area contributed by atoms with Crippen LogP contribution in [-0.2, 0) is 9.59 Å². The molecule has 0 aliphatic heterocycles. The molecular weight excluding hydrogens is 230 g/mol. The van der Waals surface area contributed by atoms with E-state index in [0.29, 0.717) is 0 Å². The molecule has 0 heterocycles. The number of carbonyl (C=O) groups is 2. The van der Waals surface area contributed by atoms with Crippen molar-refractivity contribution in [3.05, 3.63) is 0 Å². The maximum absolute atomic E-state index is 12.0. The molecule has 0 radical (unpaired) electrons. The van der Waals surface area contributed by atoms with Gasteiger partial charge in [0, 0.05) is 5.92 Å². The van der Waals surface area contributed by atoms with Gasteiger partial charge in [0.25, 0.3) is 0 Å². The van der Waals surface area contributed by atoms with Gasteiger partial charge in [-0.05, 0) is 37.5 Å². The largest absolute Gasteiger partial charge is 0.480 e. The zero-order valence-corrected chi connectivity index (χ0v) is 11.6. The van der Waals surface area contributed by atoms with E-state index in [1.807, 2.05) is 13.8 Å². The molecule has 18 heavy (non-hydrogen) atoms. The third kappa shape index (κ3) is 4.00. The average molecular weight is 255 g/mol. The molecule has 1 unspecified atom stereocenters. The molecule has 1 amide bonds. The highest BCUT2D eigenvalue weighted by Crippen LogP contribution is 2.30. The number of nitrogens with one attached hydrogen (secondary N) is 1.